The van der Waals surface area contributed by atoms with Crippen LogP contribution in [0.3, 0.4) is 0 Å². The van der Waals surface area contributed by atoms with Gasteiger partial charge in [-0.25, -0.2) is 0 Å². The minimum absolute atomic E-state index is 0.00679. The van der Waals surface area contributed by atoms with Crippen molar-refractivity contribution >= 4 is 46.3 Å². The standard InChI is InChI=1S/C50H44N2O2/c1-3-9-41(10-4-1)51(43-23-15-37(16-24-43)31-35-49-33-7-13-47(49)53-49)45-27-19-39(20-28-45)40-21-29-46(30-22-40)52(42-11-5-2-6-12-42)44-25-17-38(18-26-44)32-36-50-34-8-14-48(50)54-50/h1-6,9-12,15-32,35-36,47-48H,7-8,13-14,33-34H2/b35-31+,36-32+. The quantitative estimate of drug-likeness (QED) is 0.126. The van der Waals surface area contributed by atoms with Crippen molar-refractivity contribution in [3.63, 3.8) is 0 Å². The van der Waals surface area contributed by atoms with Crippen LogP contribution in [0.1, 0.15) is 49.7 Å². The van der Waals surface area contributed by atoms with Crippen molar-refractivity contribution in [2.24, 2.45) is 0 Å². The van der Waals surface area contributed by atoms with Crippen molar-refractivity contribution in [3.8, 4) is 11.1 Å². The van der Waals surface area contributed by atoms with Gasteiger partial charge in [-0.3, -0.25) is 0 Å². The molecule has 2 saturated heterocycles. The van der Waals surface area contributed by atoms with Crippen molar-refractivity contribution < 1.29 is 9.47 Å². The summed E-state index contributed by atoms with van der Waals surface area (Å²) in [6.45, 7) is 0. The fourth-order valence-corrected chi connectivity index (χ4v) is 8.69. The van der Waals surface area contributed by atoms with Crippen LogP contribution in [-0.2, 0) is 9.47 Å². The Bertz CT molecular complexity index is 2120. The van der Waals surface area contributed by atoms with E-state index in [1.54, 1.807) is 0 Å². The summed E-state index contributed by atoms with van der Waals surface area (Å²) in [5.74, 6) is 0. The summed E-state index contributed by atoms with van der Waals surface area (Å²) >= 11 is 0. The first kappa shape index (κ1) is 32.9. The summed E-state index contributed by atoms with van der Waals surface area (Å²) in [6, 6.07) is 56.7. The van der Waals surface area contributed by atoms with Crippen LogP contribution in [0.4, 0.5) is 34.1 Å². The van der Waals surface area contributed by atoms with Crippen LogP contribution >= 0.6 is 0 Å². The SMILES string of the molecule is C(=C\C12CCCC1O2)/c1ccc(N(c2ccccc2)c2ccc(-c3ccc(N(c4ccccc4)c4ccc(/C=C/C56CCCC5O6)cc4)cc3)cc2)cc1. The van der Waals surface area contributed by atoms with Gasteiger partial charge in [0.05, 0.1) is 12.2 Å². The second-order valence-corrected chi connectivity index (χ2v) is 15.2. The Kier molecular flexibility index (Phi) is 8.31. The van der Waals surface area contributed by atoms with Crippen LogP contribution in [0.5, 0.6) is 0 Å². The molecule has 4 aliphatic rings. The molecule has 6 aromatic carbocycles. The van der Waals surface area contributed by atoms with Crippen molar-refractivity contribution in [3.05, 3.63) is 181 Å². The summed E-state index contributed by atoms with van der Waals surface area (Å²) in [5.41, 5.74) is 11.5. The molecule has 54 heavy (non-hydrogen) atoms. The van der Waals surface area contributed by atoms with Crippen LogP contribution in [0.25, 0.3) is 23.3 Å². The number of fused-ring (bicyclic) bond motifs is 2. The maximum absolute atomic E-state index is 5.96. The van der Waals surface area contributed by atoms with Gasteiger partial charge in [-0.05, 0) is 146 Å². The Hall–Kier alpha value is -5.68. The van der Waals surface area contributed by atoms with Crippen molar-refractivity contribution in [1.82, 2.24) is 0 Å². The molecule has 0 aromatic heterocycles. The van der Waals surface area contributed by atoms with E-state index in [2.05, 4.69) is 192 Å². The summed E-state index contributed by atoms with van der Waals surface area (Å²) in [5, 5.41) is 0. The minimum atomic E-state index is 0.00679. The second-order valence-electron chi connectivity index (χ2n) is 15.2. The van der Waals surface area contributed by atoms with Gasteiger partial charge in [-0.15, -0.1) is 0 Å². The summed E-state index contributed by atoms with van der Waals surface area (Å²) in [4.78, 5) is 4.64. The second kappa shape index (κ2) is 13.6. The Morgan fingerprint density at radius 3 is 1.06 bits per heavy atom. The lowest BCUT2D eigenvalue weighted by Gasteiger charge is -2.26. The normalized spacial score (nSPS) is 23.7. The topological polar surface area (TPSA) is 31.5 Å². The Morgan fingerprint density at radius 1 is 0.407 bits per heavy atom. The van der Waals surface area contributed by atoms with E-state index in [9.17, 15) is 0 Å². The van der Waals surface area contributed by atoms with Crippen molar-refractivity contribution in [1.29, 1.82) is 0 Å². The Balaban J connectivity index is 0.887. The molecule has 6 aromatic rings. The van der Waals surface area contributed by atoms with Crippen LogP contribution in [0.15, 0.2) is 170 Å². The highest BCUT2D eigenvalue weighted by Crippen LogP contribution is 2.52. The lowest BCUT2D eigenvalue weighted by atomic mass is 10.0. The van der Waals surface area contributed by atoms with Gasteiger partial charge in [0.25, 0.3) is 0 Å². The molecule has 0 spiro atoms. The van der Waals surface area contributed by atoms with Gasteiger partial charge in [0.15, 0.2) is 0 Å². The van der Waals surface area contributed by atoms with Gasteiger partial charge in [-0.1, -0.05) is 97.1 Å². The number of anilines is 6. The smallest absolute Gasteiger partial charge is 0.113 e. The third kappa shape index (κ3) is 6.36. The molecule has 4 fully saturated rings. The highest BCUT2D eigenvalue weighted by Gasteiger charge is 2.58. The number of rotatable bonds is 11. The minimum Gasteiger partial charge on any atom is -0.362 e. The van der Waals surface area contributed by atoms with E-state index in [-0.39, 0.29) is 11.2 Å². The number of para-hydroxylation sites is 2. The third-order valence-corrected chi connectivity index (χ3v) is 11.8. The van der Waals surface area contributed by atoms with E-state index in [1.165, 1.54) is 47.9 Å². The van der Waals surface area contributed by atoms with E-state index in [1.807, 2.05) is 0 Å². The first-order valence-corrected chi connectivity index (χ1v) is 19.5. The highest BCUT2D eigenvalue weighted by molar-refractivity contribution is 5.81. The maximum atomic E-state index is 5.96. The lowest BCUT2D eigenvalue weighted by Crippen LogP contribution is -2.10. The molecule has 0 amide bonds. The highest BCUT2D eigenvalue weighted by atomic mass is 16.6. The van der Waals surface area contributed by atoms with Gasteiger partial charge < -0.3 is 19.3 Å². The largest absolute Gasteiger partial charge is 0.362 e. The molecule has 2 aliphatic heterocycles. The predicted molar refractivity (Wildman–Crippen MR) is 222 cm³/mol. The van der Waals surface area contributed by atoms with E-state index >= 15 is 0 Å². The first-order chi connectivity index (χ1) is 26.6. The molecule has 266 valence electrons. The Morgan fingerprint density at radius 2 is 0.741 bits per heavy atom. The Labute approximate surface area is 318 Å². The van der Waals surface area contributed by atoms with Gasteiger partial charge >= 0.3 is 0 Å². The fraction of sp³-hybridized carbons (Fsp3) is 0.200. The van der Waals surface area contributed by atoms with E-state index in [0.29, 0.717) is 12.2 Å². The van der Waals surface area contributed by atoms with Crippen LogP contribution < -0.4 is 9.80 Å². The number of nitrogens with zero attached hydrogens (tertiary/aromatic N) is 2. The maximum Gasteiger partial charge on any atom is 0.113 e. The molecule has 2 saturated carbocycles. The zero-order valence-electron chi connectivity index (χ0n) is 30.4. The van der Waals surface area contributed by atoms with Gasteiger partial charge in [0.1, 0.15) is 11.2 Å². The van der Waals surface area contributed by atoms with Crippen molar-refractivity contribution in [2.75, 3.05) is 9.80 Å². The molecular formula is C50H44N2O2. The zero-order valence-corrected chi connectivity index (χ0v) is 30.4. The summed E-state index contributed by atoms with van der Waals surface area (Å²) < 4.78 is 11.9. The van der Waals surface area contributed by atoms with Crippen molar-refractivity contribution in [2.45, 2.75) is 61.9 Å². The van der Waals surface area contributed by atoms with Gasteiger partial charge in [0, 0.05) is 34.1 Å². The van der Waals surface area contributed by atoms with Crippen LogP contribution in [0, 0.1) is 0 Å². The van der Waals surface area contributed by atoms with E-state index in [4.69, 9.17) is 9.47 Å². The molecule has 2 heterocycles. The average Bonchev–Trinajstić information content (AvgIpc) is 4.01. The van der Waals surface area contributed by atoms with Crippen LogP contribution in [-0.4, -0.2) is 23.4 Å². The molecule has 0 N–H and O–H groups in total. The number of epoxide rings is 2. The fourth-order valence-electron chi connectivity index (χ4n) is 8.69. The van der Waals surface area contributed by atoms with Crippen LogP contribution in [0.2, 0.25) is 0 Å². The van der Waals surface area contributed by atoms with Gasteiger partial charge in [0.2, 0.25) is 0 Å². The lowest BCUT2D eigenvalue weighted by molar-refractivity contribution is 0.284. The number of hydrogen-bond acceptors (Lipinski definition) is 4. The predicted octanol–water partition coefficient (Wildman–Crippen LogP) is 13.0. The molecular weight excluding hydrogens is 661 g/mol. The monoisotopic (exact) mass is 704 g/mol. The first-order valence-electron chi connectivity index (χ1n) is 19.5. The molecule has 10 rings (SSSR count). The summed E-state index contributed by atoms with van der Waals surface area (Å²) in [7, 11) is 0. The van der Waals surface area contributed by atoms with Gasteiger partial charge in [-0.2, -0.15) is 0 Å². The molecule has 4 unspecified atom stereocenters. The number of hydrogen-bond donors (Lipinski definition) is 0. The third-order valence-electron chi connectivity index (χ3n) is 11.8. The molecule has 4 heteroatoms. The molecule has 4 atom stereocenters. The average molecular weight is 705 g/mol. The molecule has 2 aliphatic carbocycles. The molecule has 4 nitrogen and oxygen atoms in total. The number of benzene rings is 6. The zero-order chi connectivity index (χ0) is 36.0. The number of ether oxygens (including phenoxy) is 2. The van der Waals surface area contributed by atoms with E-state index < -0.39 is 0 Å². The molecule has 0 bridgehead atoms. The summed E-state index contributed by atoms with van der Waals surface area (Å²) in [6.07, 6.45) is 17.1. The molecule has 0 radical (unpaired) electrons. The van der Waals surface area contributed by atoms with E-state index in [0.717, 1.165) is 47.0 Å².